The fourth-order valence-electron chi connectivity index (χ4n) is 3.28. The SMILES string of the molecule is Cc1nccc(C(=O)N2CCCC(O)(COc3ccc(C)c(C)c3)CC2)n1. The van der Waals surface area contributed by atoms with E-state index in [1.807, 2.05) is 25.1 Å². The van der Waals surface area contributed by atoms with Gasteiger partial charge in [0.2, 0.25) is 0 Å². The summed E-state index contributed by atoms with van der Waals surface area (Å²) in [7, 11) is 0. The van der Waals surface area contributed by atoms with E-state index < -0.39 is 5.60 Å². The average molecular weight is 369 g/mol. The topological polar surface area (TPSA) is 75.6 Å². The highest BCUT2D eigenvalue weighted by atomic mass is 16.5. The number of amides is 1. The second-order valence-electron chi connectivity index (χ2n) is 7.39. The first kappa shape index (κ1) is 19.3. The summed E-state index contributed by atoms with van der Waals surface area (Å²) in [5, 5.41) is 11.0. The lowest BCUT2D eigenvalue weighted by molar-refractivity contribution is -0.0163. The van der Waals surface area contributed by atoms with Gasteiger partial charge in [0.05, 0.1) is 0 Å². The van der Waals surface area contributed by atoms with Crippen LogP contribution in [-0.4, -0.2) is 51.2 Å². The standard InChI is InChI=1S/C21H27N3O3/c1-15-5-6-18(13-16(15)2)27-14-21(26)8-4-11-24(12-9-21)20(25)19-7-10-22-17(3)23-19/h5-7,10,13,26H,4,8-9,11-12,14H2,1-3H3. The molecule has 6 heteroatoms. The van der Waals surface area contributed by atoms with Crippen molar-refractivity contribution in [3.63, 3.8) is 0 Å². The summed E-state index contributed by atoms with van der Waals surface area (Å²) in [6.45, 7) is 7.18. The molecule has 1 aliphatic rings. The van der Waals surface area contributed by atoms with Crippen molar-refractivity contribution in [1.29, 1.82) is 0 Å². The molecule has 2 heterocycles. The predicted octanol–water partition coefficient (Wildman–Crippen LogP) is 2.84. The Bertz CT molecular complexity index is 824. The Morgan fingerprint density at radius 2 is 2.00 bits per heavy atom. The fourth-order valence-corrected chi connectivity index (χ4v) is 3.28. The van der Waals surface area contributed by atoms with Gasteiger partial charge in [-0.05, 0) is 69.4 Å². The summed E-state index contributed by atoms with van der Waals surface area (Å²) in [5.74, 6) is 1.23. The number of aromatic nitrogens is 2. The summed E-state index contributed by atoms with van der Waals surface area (Å²) in [6, 6.07) is 7.57. The highest BCUT2D eigenvalue weighted by molar-refractivity contribution is 5.92. The molecular formula is C21H27N3O3. The smallest absolute Gasteiger partial charge is 0.272 e. The molecule has 1 saturated heterocycles. The summed E-state index contributed by atoms with van der Waals surface area (Å²) in [6.07, 6.45) is 3.40. The number of benzene rings is 1. The maximum atomic E-state index is 12.7. The van der Waals surface area contributed by atoms with Crippen LogP contribution < -0.4 is 4.74 Å². The number of hydrogen-bond donors (Lipinski definition) is 1. The number of carbonyl (C=O) groups is 1. The zero-order valence-electron chi connectivity index (χ0n) is 16.2. The number of likely N-dealkylation sites (tertiary alicyclic amines) is 1. The van der Waals surface area contributed by atoms with Crippen molar-refractivity contribution in [3.8, 4) is 5.75 Å². The third-order valence-corrected chi connectivity index (χ3v) is 5.19. The molecule has 1 aromatic carbocycles. The average Bonchev–Trinajstić information content (AvgIpc) is 2.84. The minimum Gasteiger partial charge on any atom is -0.491 e. The van der Waals surface area contributed by atoms with Crippen LogP contribution in [0.4, 0.5) is 0 Å². The van der Waals surface area contributed by atoms with Gasteiger partial charge in [-0.15, -0.1) is 0 Å². The number of rotatable bonds is 4. The van der Waals surface area contributed by atoms with Crippen molar-refractivity contribution in [2.75, 3.05) is 19.7 Å². The van der Waals surface area contributed by atoms with Crippen LogP contribution in [0.5, 0.6) is 5.75 Å². The summed E-state index contributed by atoms with van der Waals surface area (Å²) >= 11 is 0. The number of nitrogens with zero attached hydrogens (tertiary/aromatic N) is 3. The van der Waals surface area contributed by atoms with Gasteiger partial charge in [0.25, 0.3) is 5.91 Å². The molecule has 0 aliphatic carbocycles. The molecule has 0 bridgehead atoms. The van der Waals surface area contributed by atoms with Crippen molar-refractivity contribution in [3.05, 3.63) is 53.1 Å². The zero-order valence-corrected chi connectivity index (χ0v) is 16.2. The molecule has 1 aromatic heterocycles. The number of hydrogen-bond acceptors (Lipinski definition) is 5. The van der Waals surface area contributed by atoms with Gasteiger partial charge in [-0.1, -0.05) is 6.07 Å². The highest BCUT2D eigenvalue weighted by Gasteiger charge is 2.33. The number of ether oxygens (including phenoxy) is 1. The molecule has 1 amide bonds. The minimum absolute atomic E-state index is 0.111. The van der Waals surface area contributed by atoms with E-state index in [0.717, 1.165) is 17.7 Å². The number of carbonyl (C=O) groups excluding carboxylic acids is 1. The minimum atomic E-state index is -0.935. The predicted molar refractivity (Wildman–Crippen MR) is 103 cm³/mol. The van der Waals surface area contributed by atoms with E-state index in [0.29, 0.717) is 37.4 Å². The number of aryl methyl sites for hydroxylation is 3. The van der Waals surface area contributed by atoms with Gasteiger partial charge in [-0.3, -0.25) is 4.79 Å². The Kier molecular flexibility index (Phi) is 5.75. The maximum absolute atomic E-state index is 12.7. The number of aliphatic hydroxyl groups is 1. The van der Waals surface area contributed by atoms with Crippen LogP contribution in [0.25, 0.3) is 0 Å². The van der Waals surface area contributed by atoms with Crippen LogP contribution in [0.2, 0.25) is 0 Å². The normalized spacial score (nSPS) is 20.2. The van der Waals surface area contributed by atoms with Crippen LogP contribution in [0, 0.1) is 20.8 Å². The zero-order chi connectivity index (χ0) is 19.4. The second kappa shape index (κ2) is 8.05. The van der Waals surface area contributed by atoms with E-state index >= 15 is 0 Å². The van der Waals surface area contributed by atoms with Crippen LogP contribution >= 0.6 is 0 Å². The Morgan fingerprint density at radius 3 is 2.74 bits per heavy atom. The van der Waals surface area contributed by atoms with Crippen molar-refractivity contribution in [2.24, 2.45) is 0 Å². The molecule has 0 spiro atoms. The third kappa shape index (κ3) is 4.83. The molecule has 0 saturated carbocycles. The molecule has 1 aliphatic heterocycles. The largest absolute Gasteiger partial charge is 0.491 e. The first-order valence-corrected chi connectivity index (χ1v) is 9.38. The molecule has 27 heavy (non-hydrogen) atoms. The molecule has 1 atom stereocenters. The first-order valence-electron chi connectivity index (χ1n) is 9.38. The van der Waals surface area contributed by atoms with Gasteiger partial charge in [0.15, 0.2) is 0 Å². The summed E-state index contributed by atoms with van der Waals surface area (Å²) in [4.78, 5) is 22.7. The van der Waals surface area contributed by atoms with E-state index in [4.69, 9.17) is 4.74 Å². The Labute approximate surface area is 160 Å². The van der Waals surface area contributed by atoms with Crippen LogP contribution in [-0.2, 0) is 0 Å². The van der Waals surface area contributed by atoms with E-state index in [-0.39, 0.29) is 12.5 Å². The molecule has 3 rings (SSSR count). The molecule has 2 aromatic rings. The van der Waals surface area contributed by atoms with Crippen molar-refractivity contribution >= 4 is 5.91 Å². The van der Waals surface area contributed by atoms with Crippen LogP contribution in [0.15, 0.2) is 30.5 Å². The van der Waals surface area contributed by atoms with Gasteiger partial charge >= 0.3 is 0 Å². The Morgan fingerprint density at radius 1 is 1.19 bits per heavy atom. The monoisotopic (exact) mass is 369 g/mol. The van der Waals surface area contributed by atoms with E-state index in [2.05, 4.69) is 16.9 Å². The van der Waals surface area contributed by atoms with Gasteiger partial charge in [0.1, 0.15) is 29.5 Å². The molecular weight excluding hydrogens is 342 g/mol. The third-order valence-electron chi connectivity index (χ3n) is 5.19. The van der Waals surface area contributed by atoms with E-state index in [1.54, 1.807) is 24.1 Å². The van der Waals surface area contributed by atoms with Crippen molar-refractivity contribution in [2.45, 2.75) is 45.6 Å². The first-order chi connectivity index (χ1) is 12.9. The van der Waals surface area contributed by atoms with Gasteiger partial charge in [0, 0.05) is 19.3 Å². The highest BCUT2D eigenvalue weighted by Crippen LogP contribution is 2.25. The lowest BCUT2D eigenvalue weighted by Crippen LogP contribution is -2.38. The summed E-state index contributed by atoms with van der Waals surface area (Å²) < 4.78 is 5.86. The molecule has 1 unspecified atom stereocenters. The quantitative estimate of drug-likeness (QED) is 0.897. The molecule has 0 radical (unpaired) electrons. The molecule has 1 N–H and O–H groups in total. The molecule has 1 fully saturated rings. The Hall–Kier alpha value is -2.47. The lowest BCUT2D eigenvalue weighted by Gasteiger charge is -2.27. The maximum Gasteiger partial charge on any atom is 0.272 e. The van der Waals surface area contributed by atoms with Crippen LogP contribution in [0.1, 0.15) is 46.7 Å². The summed E-state index contributed by atoms with van der Waals surface area (Å²) in [5.41, 5.74) is 1.84. The molecule has 6 nitrogen and oxygen atoms in total. The van der Waals surface area contributed by atoms with Gasteiger partial charge < -0.3 is 14.7 Å². The van der Waals surface area contributed by atoms with Gasteiger partial charge in [-0.25, -0.2) is 9.97 Å². The van der Waals surface area contributed by atoms with Crippen LogP contribution in [0.3, 0.4) is 0 Å². The lowest BCUT2D eigenvalue weighted by atomic mass is 9.96. The second-order valence-corrected chi connectivity index (χ2v) is 7.39. The Balaban J connectivity index is 1.61. The van der Waals surface area contributed by atoms with Gasteiger partial charge in [-0.2, -0.15) is 0 Å². The molecule has 144 valence electrons. The fraction of sp³-hybridized carbons (Fsp3) is 0.476. The van der Waals surface area contributed by atoms with E-state index in [9.17, 15) is 9.90 Å². The van der Waals surface area contributed by atoms with Crippen molar-refractivity contribution in [1.82, 2.24) is 14.9 Å². The van der Waals surface area contributed by atoms with Crippen molar-refractivity contribution < 1.29 is 14.6 Å². The van der Waals surface area contributed by atoms with E-state index in [1.165, 1.54) is 5.56 Å².